The summed E-state index contributed by atoms with van der Waals surface area (Å²) in [5, 5.41) is 1.38. The van der Waals surface area contributed by atoms with Gasteiger partial charge in [-0.2, -0.15) is 11.8 Å². The lowest BCUT2D eigenvalue weighted by Gasteiger charge is -2.45. The van der Waals surface area contributed by atoms with Gasteiger partial charge in [-0.05, 0) is 6.92 Å². The second-order valence-corrected chi connectivity index (χ2v) is 6.68. The summed E-state index contributed by atoms with van der Waals surface area (Å²) in [6.45, 7) is 10.4. The molecule has 1 fully saturated rings. The highest BCUT2D eigenvalue weighted by Gasteiger charge is 2.35. The minimum absolute atomic E-state index is 0.00174. The Morgan fingerprint density at radius 3 is 2.33 bits per heavy atom. The summed E-state index contributed by atoms with van der Waals surface area (Å²) < 4.78 is 5.29. The van der Waals surface area contributed by atoms with Crippen molar-refractivity contribution in [2.45, 2.75) is 36.8 Å². The molecule has 1 aliphatic rings. The number of hydrogen-bond acceptors (Lipinski definition) is 4. The Balaban J connectivity index is 2.66. The van der Waals surface area contributed by atoms with E-state index in [0.717, 1.165) is 13.1 Å². The van der Waals surface area contributed by atoms with Gasteiger partial charge in [-0.3, -0.25) is 4.90 Å². The predicted molar refractivity (Wildman–Crippen MR) is 67.4 cm³/mol. The quantitative estimate of drug-likeness (QED) is 0.790. The van der Waals surface area contributed by atoms with E-state index in [1.807, 2.05) is 0 Å². The molecule has 0 aromatic rings. The molecule has 0 amide bonds. The van der Waals surface area contributed by atoms with E-state index >= 15 is 0 Å². The van der Waals surface area contributed by atoms with Crippen LogP contribution in [0.3, 0.4) is 0 Å². The second kappa shape index (κ2) is 5.53. The van der Waals surface area contributed by atoms with Crippen LogP contribution >= 0.6 is 11.8 Å². The van der Waals surface area contributed by atoms with E-state index < -0.39 is 0 Å². The van der Waals surface area contributed by atoms with Crippen LogP contribution in [-0.4, -0.2) is 54.3 Å². The summed E-state index contributed by atoms with van der Waals surface area (Å²) in [7, 11) is 1.75. The summed E-state index contributed by atoms with van der Waals surface area (Å²) in [6, 6.07) is 0. The van der Waals surface area contributed by atoms with Gasteiger partial charge >= 0.3 is 0 Å². The summed E-state index contributed by atoms with van der Waals surface area (Å²) in [5.41, 5.74) is 5.88. The average molecular weight is 232 g/mol. The summed E-state index contributed by atoms with van der Waals surface area (Å²) in [5.74, 6) is 0. The largest absolute Gasteiger partial charge is 0.383 e. The van der Waals surface area contributed by atoms with Crippen molar-refractivity contribution < 1.29 is 4.74 Å². The smallest absolute Gasteiger partial charge is 0.0656 e. The van der Waals surface area contributed by atoms with Crippen LogP contribution in [0.4, 0.5) is 0 Å². The molecule has 90 valence electrons. The zero-order chi connectivity index (χ0) is 11.5. The van der Waals surface area contributed by atoms with Crippen molar-refractivity contribution in [3.8, 4) is 0 Å². The SMILES string of the molecule is COCC(C)(CN)N1CC(C)SC(C)C1. The fourth-order valence-electron chi connectivity index (χ4n) is 2.21. The first-order valence-corrected chi connectivity index (χ1v) is 6.55. The molecule has 0 aliphatic carbocycles. The van der Waals surface area contributed by atoms with Gasteiger partial charge in [-0.15, -0.1) is 0 Å². The molecule has 0 radical (unpaired) electrons. The lowest BCUT2D eigenvalue weighted by Crippen LogP contribution is -2.59. The molecule has 3 unspecified atom stereocenters. The van der Waals surface area contributed by atoms with Crippen LogP contribution in [0.2, 0.25) is 0 Å². The molecule has 1 rings (SSSR count). The van der Waals surface area contributed by atoms with Crippen molar-refractivity contribution in [2.75, 3.05) is 33.4 Å². The van der Waals surface area contributed by atoms with Crippen LogP contribution in [0.25, 0.3) is 0 Å². The minimum atomic E-state index is -0.00174. The molecule has 2 N–H and O–H groups in total. The number of nitrogens with two attached hydrogens (primary N) is 1. The first-order valence-electron chi connectivity index (χ1n) is 5.61. The highest BCUT2D eigenvalue weighted by atomic mass is 32.2. The molecule has 4 heteroatoms. The van der Waals surface area contributed by atoms with Crippen molar-refractivity contribution in [2.24, 2.45) is 5.73 Å². The maximum Gasteiger partial charge on any atom is 0.0656 e. The topological polar surface area (TPSA) is 38.5 Å². The maximum absolute atomic E-state index is 5.89. The Hall–Kier alpha value is 0.230. The van der Waals surface area contributed by atoms with Crippen molar-refractivity contribution in [1.29, 1.82) is 0 Å². The number of methoxy groups -OCH3 is 1. The Morgan fingerprint density at radius 2 is 1.93 bits per heavy atom. The van der Waals surface area contributed by atoms with Gasteiger partial charge in [0, 0.05) is 37.2 Å². The minimum Gasteiger partial charge on any atom is -0.383 e. The third kappa shape index (κ3) is 3.34. The van der Waals surface area contributed by atoms with E-state index in [1.54, 1.807) is 7.11 Å². The number of ether oxygens (including phenoxy) is 1. The summed E-state index contributed by atoms with van der Waals surface area (Å²) in [4.78, 5) is 2.49. The highest BCUT2D eigenvalue weighted by molar-refractivity contribution is 8.00. The van der Waals surface area contributed by atoms with Crippen molar-refractivity contribution in [1.82, 2.24) is 4.90 Å². The van der Waals surface area contributed by atoms with E-state index in [9.17, 15) is 0 Å². The molecular formula is C11H24N2OS. The van der Waals surface area contributed by atoms with Crippen LogP contribution < -0.4 is 5.73 Å². The Bertz CT molecular complexity index is 193. The Kier molecular flexibility index (Phi) is 4.90. The van der Waals surface area contributed by atoms with Gasteiger partial charge in [-0.1, -0.05) is 13.8 Å². The standard InChI is InChI=1S/C11H24N2OS/c1-9-5-13(6-10(2)15-9)11(3,7-12)8-14-4/h9-10H,5-8,12H2,1-4H3. The van der Waals surface area contributed by atoms with Gasteiger partial charge in [0.15, 0.2) is 0 Å². The molecule has 0 aromatic heterocycles. The van der Waals surface area contributed by atoms with E-state index in [2.05, 4.69) is 37.4 Å². The molecule has 0 aromatic carbocycles. The van der Waals surface area contributed by atoms with E-state index in [0.29, 0.717) is 23.7 Å². The zero-order valence-electron chi connectivity index (χ0n) is 10.3. The molecule has 1 heterocycles. The number of hydrogen-bond donors (Lipinski definition) is 1. The van der Waals surface area contributed by atoms with Crippen LogP contribution in [0.1, 0.15) is 20.8 Å². The first kappa shape index (κ1) is 13.3. The van der Waals surface area contributed by atoms with E-state index in [4.69, 9.17) is 10.5 Å². The lowest BCUT2D eigenvalue weighted by atomic mass is 10.00. The molecule has 3 atom stereocenters. The number of rotatable bonds is 4. The van der Waals surface area contributed by atoms with E-state index in [-0.39, 0.29) is 5.54 Å². The number of thioether (sulfide) groups is 1. The summed E-state index contributed by atoms with van der Waals surface area (Å²) >= 11 is 2.07. The molecule has 15 heavy (non-hydrogen) atoms. The fourth-order valence-corrected chi connectivity index (χ4v) is 3.53. The third-order valence-electron chi connectivity index (χ3n) is 3.08. The van der Waals surface area contributed by atoms with Gasteiger partial charge in [0.05, 0.1) is 12.1 Å². The van der Waals surface area contributed by atoms with E-state index in [1.165, 1.54) is 0 Å². The third-order valence-corrected chi connectivity index (χ3v) is 4.31. The monoisotopic (exact) mass is 232 g/mol. The van der Waals surface area contributed by atoms with Crippen LogP contribution in [0.5, 0.6) is 0 Å². The zero-order valence-corrected chi connectivity index (χ0v) is 11.1. The van der Waals surface area contributed by atoms with Crippen molar-refractivity contribution in [3.05, 3.63) is 0 Å². The van der Waals surface area contributed by atoms with Gasteiger partial charge in [0.1, 0.15) is 0 Å². The van der Waals surface area contributed by atoms with Crippen LogP contribution in [0.15, 0.2) is 0 Å². The molecule has 0 spiro atoms. The van der Waals surface area contributed by atoms with Crippen LogP contribution in [-0.2, 0) is 4.74 Å². The lowest BCUT2D eigenvalue weighted by molar-refractivity contribution is 0.0260. The van der Waals surface area contributed by atoms with Gasteiger partial charge in [0.25, 0.3) is 0 Å². The van der Waals surface area contributed by atoms with Gasteiger partial charge in [0.2, 0.25) is 0 Å². The number of nitrogens with zero attached hydrogens (tertiary/aromatic N) is 1. The first-order chi connectivity index (χ1) is 7.01. The molecule has 3 nitrogen and oxygen atoms in total. The normalized spacial score (nSPS) is 32.6. The molecule has 1 saturated heterocycles. The maximum atomic E-state index is 5.89. The summed E-state index contributed by atoms with van der Waals surface area (Å²) in [6.07, 6.45) is 0. The Labute approximate surface area is 97.7 Å². The average Bonchev–Trinajstić information content (AvgIpc) is 2.16. The molecule has 0 bridgehead atoms. The fraction of sp³-hybridized carbons (Fsp3) is 1.00. The van der Waals surface area contributed by atoms with Gasteiger partial charge < -0.3 is 10.5 Å². The predicted octanol–water partition coefficient (Wildman–Crippen LogP) is 1.18. The second-order valence-electron chi connectivity index (χ2n) is 4.80. The molecule has 0 saturated carbocycles. The molecule has 1 aliphatic heterocycles. The van der Waals surface area contributed by atoms with Crippen molar-refractivity contribution >= 4 is 11.8 Å². The molecular weight excluding hydrogens is 208 g/mol. The highest BCUT2D eigenvalue weighted by Crippen LogP contribution is 2.29. The van der Waals surface area contributed by atoms with Crippen LogP contribution in [0, 0.1) is 0 Å². The van der Waals surface area contributed by atoms with Crippen molar-refractivity contribution in [3.63, 3.8) is 0 Å². The Morgan fingerprint density at radius 1 is 1.40 bits per heavy atom. The van der Waals surface area contributed by atoms with Gasteiger partial charge in [-0.25, -0.2) is 0 Å².